The summed E-state index contributed by atoms with van der Waals surface area (Å²) < 4.78 is 38.1. The van der Waals surface area contributed by atoms with Gasteiger partial charge in [0, 0.05) is 25.2 Å². The second kappa shape index (κ2) is 10.3. The summed E-state index contributed by atoms with van der Waals surface area (Å²) in [5.74, 6) is -0.398. The van der Waals surface area contributed by atoms with Gasteiger partial charge in [0.15, 0.2) is 0 Å². The Kier molecular flexibility index (Phi) is 8.03. The quantitative estimate of drug-likeness (QED) is 0.685. The van der Waals surface area contributed by atoms with Crippen LogP contribution in [-0.2, 0) is 11.0 Å². The molecule has 3 amide bonds. The largest absolute Gasteiger partial charge is 0.433 e. The lowest BCUT2D eigenvalue weighted by molar-refractivity contribution is -0.141. The number of nitriles is 1. The van der Waals surface area contributed by atoms with Crippen molar-refractivity contribution in [1.29, 1.82) is 5.26 Å². The average Bonchev–Trinajstić information content (AvgIpc) is 2.70. The molecular weight excluding hydrogens is 399 g/mol. The molecule has 1 aromatic heterocycles. The molecule has 0 aromatic carbocycles. The number of carbonyl (C=O) groups is 2. The van der Waals surface area contributed by atoms with Gasteiger partial charge >= 0.3 is 12.2 Å². The Morgan fingerprint density at radius 1 is 1.37 bits per heavy atom. The van der Waals surface area contributed by atoms with Crippen LogP contribution in [0.25, 0.3) is 0 Å². The predicted octanol–water partition coefficient (Wildman–Crippen LogP) is 3.04. The van der Waals surface area contributed by atoms with Crippen LogP contribution < -0.4 is 10.6 Å². The molecule has 1 aromatic rings. The summed E-state index contributed by atoms with van der Waals surface area (Å²) in [6, 6.07) is 3.01. The molecular formula is C20H26F3N5O2. The summed E-state index contributed by atoms with van der Waals surface area (Å²) in [4.78, 5) is 30.1. The number of urea groups is 1. The van der Waals surface area contributed by atoms with Gasteiger partial charge in [-0.1, -0.05) is 19.9 Å². The summed E-state index contributed by atoms with van der Waals surface area (Å²) in [6.45, 7) is 4.52. The molecule has 1 aliphatic rings. The fourth-order valence-corrected chi connectivity index (χ4v) is 3.44. The zero-order valence-corrected chi connectivity index (χ0v) is 17.0. The number of nitrogens with one attached hydrogen (secondary N) is 2. The maximum Gasteiger partial charge on any atom is 0.433 e. The third-order valence-corrected chi connectivity index (χ3v) is 4.92. The van der Waals surface area contributed by atoms with Crippen LogP contribution in [0.3, 0.4) is 0 Å². The normalized spacial score (nSPS) is 17.9. The average molecular weight is 425 g/mol. The van der Waals surface area contributed by atoms with Gasteiger partial charge in [-0.2, -0.15) is 18.4 Å². The number of likely N-dealkylation sites (tertiary alicyclic amines) is 1. The lowest BCUT2D eigenvalue weighted by Gasteiger charge is -2.34. The van der Waals surface area contributed by atoms with E-state index in [1.54, 1.807) is 4.90 Å². The van der Waals surface area contributed by atoms with Gasteiger partial charge in [-0.15, -0.1) is 0 Å². The van der Waals surface area contributed by atoms with E-state index in [0.29, 0.717) is 31.5 Å². The molecule has 2 atom stereocenters. The number of amides is 3. The van der Waals surface area contributed by atoms with Gasteiger partial charge in [0.1, 0.15) is 18.3 Å². The third-order valence-electron chi connectivity index (χ3n) is 4.92. The number of nitrogens with zero attached hydrogens (tertiary/aromatic N) is 3. The molecule has 0 saturated carbocycles. The van der Waals surface area contributed by atoms with Crippen LogP contribution >= 0.6 is 0 Å². The molecule has 0 aliphatic carbocycles. The fourth-order valence-electron chi connectivity index (χ4n) is 3.44. The first-order chi connectivity index (χ1) is 14.1. The van der Waals surface area contributed by atoms with Gasteiger partial charge < -0.3 is 15.5 Å². The highest BCUT2D eigenvalue weighted by molar-refractivity contribution is 5.87. The van der Waals surface area contributed by atoms with Gasteiger partial charge in [-0.3, -0.25) is 9.78 Å². The molecule has 1 fully saturated rings. The highest BCUT2D eigenvalue weighted by Crippen LogP contribution is 2.30. The van der Waals surface area contributed by atoms with Crippen molar-refractivity contribution >= 4 is 11.9 Å². The van der Waals surface area contributed by atoms with Crippen LogP contribution in [0.2, 0.25) is 0 Å². The maximum atomic E-state index is 12.7. The van der Waals surface area contributed by atoms with E-state index in [9.17, 15) is 22.8 Å². The maximum absolute atomic E-state index is 12.7. The first-order valence-corrected chi connectivity index (χ1v) is 9.85. The van der Waals surface area contributed by atoms with Crippen LogP contribution in [0.5, 0.6) is 0 Å². The molecule has 1 aliphatic heterocycles. The van der Waals surface area contributed by atoms with Gasteiger partial charge in [-0.05, 0) is 36.8 Å². The van der Waals surface area contributed by atoms with Crippen molar-refractivity contribution in [3.8, 4) is 6.07 Å². The zero-order chi connectivity index (χ0) is 22.3. The smallest absolute Gasteiger partial charge is 0.341 e. The number of hydrogen-bond donors (Lipinski definition) is 2. The fraction of sp³-hybridized carbons (Fsp3) is 0.600. The van der Waals surface area contributed by atoms with Crippen LogP contribution in [0.15, 0.2) is 18.3 Å². The van der Waals surface area contributed by atoms with Gasteiger partial charge in [-0.25, -0.2) is 4.79 Å². The number of pyridine rings is 1. The van der Waals surface area contributed by atoms with Gasteiger partial charge in [0.25, 0.3) is 0 Å². The lowest BCUT2D eigenvalue weighted by Crippen LogP contribution is -2.53. The van der Waals surface area contributed by atoms with E-state index in [1.165, 1.54) is 12.3 Å². The molecule has 2 N–H and O–H groups in total. The molecule has 2 heterocycles. The Bertz CT molecular complexity index is 774. The Hall–Kier alpha value is -2.83. The Morgan fingerprint density at radius 3 is 2.67 bits per heavy atom. The van der Waals surface area contributed by atoms with E-state index >= 15 is 0 Å². The SMILES string of the molecule is CC(C)CC(NC(=O)N1CCCC(c2ccc(C(F)(F)F)nc2)C1)C(=O)NCC#N. The number of piperidine rings is 1. The molecule has 0 spiro atoms. The second-order valence-electron chi connectivity index (χ2n) is 7.77. The highest BCUT2D eigenvalue weighted by Gasteiger charge is 2.33. The number of halogens is 3. The molecule has 1 saturated heterocycles. The first-order valence-electron chi connectivity index (χ1n) is 9.85. The van der Waals surface area contributed by atoms with Crippen LogP contribution in [0.1, 0.15) is 50.3 Å². The molecule has 10 heteroatoms. The molecule has 2 unspecified atom stereocenters. The van der Waals surface area contributed by atoms with Crippen molar-refractivity contribution in [2.45, 2.75) is 51.2 Å². The molecule has 0 radical (unpaired) electrons. The zero-order valence-electron chi connectivity index (χ0n) is 17.0. The van der Waals surface area contributed by atoms with Crippen LogP contribution in [-0.4, -0.2) is 47.5 Å². The van der Waals surface area contributed by atoms with Gasteiger partial charge in [0.2, 0.25) is 5.91 Å². The molecule has 7 nitrogen and oxygen atoms in total. The monoisotopic (exact) mass is 425 g/mol. The number of aromatic nitrogens is 1. The summed E-state index contributed by atoms with van der Waals surface area (Å²) >= 11 is 0. The number of hydrogen-bond acceptors (Lipinski definition) is 4. The summed E-state index contributed by atoms with van der Waals surface area (Å²) in [5, 5.41) is 13.8. The minimum Gasteiger partial charge on any atom is -0.341 e. The first kappa shape index (κ1) is 23.4. The topological polar surface area (TPSA) is 98.1 Å². The molecule has 0 bridgehead atoms. The Morgan fingerprint density at radius 2 is 2.10 bits per heavy atom. The van der Waals surface area contributed by atoms with Crippen molar-refractivity contribution in [2.24, 2.45) is 5.92 Å². The van der Waals surface area contributed by atoms with E-state index in [1.807, 2.05) is 19.9 Å². The number of alkyl halides is 3. The van der Waals surface area contributed by atoms with E-state index in [2.05, 4.69) is 15.6 Å². The van der Waals surface area contributed by atoms with Crippen molar-refractivity contribution in [1.82, 2.24) is 20.5 Å². The molecule has 164 valence electrons. The lowest BCUT2D eigenvalue weighted by atomic mass is 9.91. The van der Waals surface area contributed by atoms with Gasteiger partial charge in [0.05, 0.1) is 6.07 Å². The second-order valence-corrected chi connectivity index (χ2v) is 7.77. The van der Waals surface area contributed by atoms with E-state index in [4.69, 9.17) is 5.26 Å². The Balaban J connectivity index is 2.03. The number of carbonyl (C=O) groups excluding carboxylic acids is 2. The van der Waals surface area contributed by atoms with Crippen molar-refractivity contribution in [2.75, 3.05) is 19.6 Å². The summed E-state index contributed by atoms with van der Waals surface area (Å²) in [5.41, 5.74) is -0.303. The van der Waals surface area contributed by atoms with E-state index in [0.717, 1.165) is 12.5 Å². The predicted molar refractivity (Wildman–Crippen MR) is 103 cm³/mol. The molecule has 2 rings (SSSR count). The van der Waals surface area contributed by atoms with E-state index in [-0.39, 0.29) is 18.4 Å². The molecule has 30 heavy (non-hydrogen) atoms. The standard InChI is InChI=1S/C20H26F3N5O2/c1-13(2)10-16(18(29)25-8-7-24)27-19(30)28-9-3-4-15(12-28)14-5-6-17(26-11-14)20(21,22)23/h5-6,11,13,15-16H,3-4,8-10,12H2,1-2H3,(H,25,29)(H,27,30). The summed E-state index contributed by atoms with van der Waals surface area (Å²) in [7, 11) is 0. The van der Waals surface area contributed by atoms with E-state index < -0.39 is 29.9 Å². The van der Waals surface area contributed by atoms with Crippen LogP contribution in [0.4, 0.5) is 18.0 Å². The summed E-state index contributed by atoms with van der Waals surface area (Å²) in [6.07, 6.45) is -1.44. The highest BCUT2D eigenvalue weighted by atomic mass is 19.4. The third kappa shape index (κ3) is 6.61. The minimum absolute atomic E-state index is 0.129. The minimum atomic E-state index is -4.49. The van der Waals surface area contributed by atoms with Crippen molar-refractivity contribution in [3.63, 3.8) is 0 Å². The van der Waals surface area contributed by atoms with Crippen molar-refractivity contribution in [3.05, 3.63) is 29.6 Å². The Labute approximate surface area is 173 Å². The van der Waals surface area contributed by atoms with Crippen LogP contribution in [0, 0.1) is 17.2 Å². The number of rotatable bonds is 6. The van der Waals surface area contributed by atoms with Crippen molar-refractivity contribution < 1.29 is 22.8 Å².